The molecule has 5 heteroatoms. The van der Waals surface area contributed by atoms with E-state index in [0.717, 1.165) is 37.6 Å². The lowest BCUT2D eigenvalue weighted by molar-refractivity contribution is 0.496. The monoisotopic (exact) mass is 319 g/mol. The first kappa shape index (κ1) is 14.9. The average molecular weight is 319 g/mol. The molecule has 1 aliphatic rings. The van der Waals surface area contributed by atoms with Gasteiger partial charge in [0.25, 0.3) is 0 Å². The number of aryl methyl sites for hydroxylation is 1. The fourth-order valence-corrected chi connectivity index (χ4v) is 3.37. The van der Waals surface area contributed by atoms with E-state index in [1.165, 1.54) is 11.1 Å². The van der Waals surface area contributed by atoms with Crippen LogP contribution >= 0.6 is 0 Å². The molecule has 0 bridgehead atoms. The molecular formula is C19H21N5. The van der Waals surface area contributed by atoms with E-state index >= 15 is 0 Å². The molecule has 0 spiro atoms. The Balaban J connectivity index is 1.51. The Morgan fingerprint density at radius 3 is 2.33 bits per heavy atom. The molecule has 24 heavy (non-hydrogen) atoms. The van der Waals surface area contributed by atoms with E-state index in [4.69, 9.17) is 0 Å². The quantitative estimate of drug-likeness (QED) is 0.743. The maximum absolute atomic E-state index is 4.26. The molecule has 1 aliphatic heterocycles. The Hall–Kier alpha value is -2.69. The van der Waals surface area contributed by atoms with Crippen LogP contribution in [-0.4, -0.2) is 33.3 Å². The molecule has 4 rings (SSSR count). The van der Waals surface area contributed by atoms with Gasteiger partial charge in [-0.15, -0.1) is 0 Å². The summed E-state index contributed by atoms with van der Waals surface area (Å²) in [7, 11) is 0. The lowest BCUT2D eigenvalue weighted by Crippen LogP contribution is -2.34. The molecular weight excluding hydrogens is 298 g/mol. The van der Waals surface area contributed by atoms with Crippen LogP contribution in [0.3, 0.4) is 0 Å². The highest BCUT2D eigenvalue weighted by molar-refractivity contribution is 5.42. The number of rotatable bonds is 3. The second kappa shape index (κ2) is 6.43. The second-order valence-corrected chi connectivity index (χ2v) is 6.40. The summed E-state index contributed by atoms with van der Waals surface area (Å²) in [5, 5.41) is 12.3. The van der Waals surface area contributed by atoms with Gasteiger partial charge in [-0.1, -0.05) is 53.1 Å². The van der Waals surface area contributed by atoms with E-state index in [9.17, 15) is 0 Å². The van der Waals surface area contributed by atoms with Crippen molar-refractivity contribution < 1.29 is 0 Å². The molecule has 122 valence electrons. The lowest BCUT2D eigenvalue weighted by atomic mass is 9.90. The normalized spacial score (nSPS) is 15.6. The fourth-order valence-electron chi connectivity index (χ4n) is 3.37. The third kappa shape index (κ3) is 2.89. The molecule has 5 nitrogen and oxygen atoms in total. The van der Waals surface area contributed by atoms with Crippen LogP contribution in [0.5, 0.6) is 0 Å². The Bertz CT molecular complexity index is 786. The molecule has 0 atom stereocenters. The largest absolute Gasteiger partial charge is 0.339 e. The zero-order valence-corrected chi connectivity index (χ0v) is 13.8. The number of benzene rings is 2. The first-order chi connectivity index (χ1) is 11.8. The molecule has 2 aromatic carbocycles. The summed E-state index contributed by atoms with van der Waals surface area (Å²) in [6.45, 7) is 4.04. The molecule has 0 radical (unpaired) electrons. The summed E-state index contributed by atoms with van der Waals surface area (Å²) in [5.74, 6) is 1.47. The van der Waals surface area contributed by atoms with Gasteiger partial charge in [-0.25, -0.2) is 0 Å². The van der Waals surface area contributed by atoms with Gasteiger partial charge in [0, 0.05) is 13.1 Å². The summed E-state index contributed by atoms with van der Waals surface area (Å²) in [4.78, 5) is 2.29. The molecule has 1 saturated heterocycles. The molecule has 0 N–H and O–H groups in total. The van der Waals surface area contributed by atoms with E-state index < -0.39 is 0 Å². The van der Waals surface area contributed by atoms with Crippen molar-refractivity contribution in [3.05, 3.63) is 65.7 Å². The number of hydrogen-bond acceptors (Lipinski definition) is 4. The molecule has 3 aromatic rings. The molecule has 2 heterocycles. The van der Waals surface area contributed by atoms with Crippen LogP contribution in [0.2, 0.25) is 0 Å². The van der Waals surface area contributed by atoms with Crippen LogP contribution in [0.25, 0.3) is 5.69 Å². The van der Waals surface area contributed by atoms with Crippen molar-refractivity contribution >= 4 is 5.95 Å². The first-order valence-corrected chi connectivity index (χ1v) is 8.46. The van der Waals surface area contributed by atoms with E-state index in [-0.39, 0.29) is 0 Å². The minimum atomic E-state index is 0.631. The van der Waals surface area contributed by atoms with Gasteiger partial charge in [0.2, 0.25) is 5.95 Å². The smallest absolute Gasteiger partial charge is 0.250 e. The summed E-state index contributed by atoms with van der Waals surface area (Å²) >= 11 is 0. The van der Waals surface area contributed by atoms with Gasteiger partial charge in [0.05, 0.1) is 5.69 Å². The highest BCUT2D eigenvalue weighted by Gasteiger charge is 2.24. The third-order valence-electron chi connectivity index (χ3n) is 4.78. The number of tetrazole rings is 1. The maximum Gasteiger partial charge on any atom is 0.250 e. The zero-order valence-electron chi connectivity index (χ0n) is 13.8. The SMILES string of the molecule is Cc1ccc(-n2nnnc2N2CCC(c3ccccc3)CC2)cc1. The number of aromatic nitrogens is 4. The van der Waals surface area contributed by atoms with Crippen LogP contribution in [0.15, 0.2) is 54.6 Å². The van der Waals surface area contributed by atoms with E-state index in [0.29, 0.717) is 5.92 Å². The second-order valence-electron chi connectivity index (χ2n) is 6.40. The van der Waals surface area contributed by atoms with Gasteiger partial charge in [0.15, 0.2) is 0 Å². The van der Waals surface area contributed by atoms with Crippen molar-refractivity contribution in [2.24, 2.45) is 0 Å². The number of piperidine rings is 1. The molecule has 1 aromatic heterocycles. The van der Waals surface area contributed by atoms with Crippen LogP contribution in [-0.2, 0) is 0 Å². The fraction of sp³-hybridized carbons (Fsp3) is 0.316. The van der Waals surface area contributed by atoms with Crippen LogP contribution in [0.4, 0.5) is 5.95 Å². The van der Waals surface area contributed by atoms with Crippen molar-refractivity contribution in [2.45, 2.75) is 25.7 Å². The van der Waals surface area contributed by atoms with E-state index in [2.05, 4.69) is 81.9 Å². The maximum atomic E-state index is 4.26. The summed E-state index contributed by atoms with van der Waals surface area (Å²) in [5.41, 5.74) is 3.68. The predicted molar refractivity (Wildman–Crippen MR) is 94.5 cm³/mol. The van der Waals surface area contributed by atoms with E-state index in [1.54, 1.807) is 0 Å². The Morgan fingerprint density at radius 2 is 1.62 bits per heavy atom. The number of anilines is 1. The predicted octanol–water partition coefficient (Wildman–Crippen LogP) is 3.35. The molecule has 0 aliphatic carbocycles. The first-order valence-electron chi connectivity index (χ1n) is 8.46. The highest BCUT2D eigenvalue weighted by Crippen LogP contribution is 2.30. The Labute approximate surface area is 141 Å². The Morgan fingerprint density at radius 1 is 0.917 bits per heavy atom. The van der Waals surface area contributed by atoms with Crippen molar-refractivity contribution in [3.63, 3.8) is 0 Å². The van der Waals surface area contributed by atoms with E-state index in [1.807, 2.05) is 4.68 Å². The van der Waals surface area contributed by atoms with Gasteiger partial charge in [-0.05, 0) is 53.8 Å². The van der Waals surface area contributed by atoms with Crippen molar-refractivity contribution in [1.82, 2.24) is 20.2 Å². The Kier molecular flexibility index (Phi) is 3.99. The minimum Gasteiger partial charge on any atom is -0.339 e. The van der Waals surface area contributed by atoms with Crippen molar-refractivity contribution in [3.8, 4) is 5.69 Å². The van der Waals surface area contributed by atoms with Gasteiger partial charge in [-0.3, -0.25) is 0 Å². The minimum absolute atomic E-state index is 0.631. The van der Waals surface area contributed by atoms with Crippen molar-refractivity contribution in [1.29, 1.82) is 0 Å². The third-order valence-corrected chi connectivity index (χ3v) is 4.78. The standard InChI is InChI=1S/C19H21N5/c1-15-7-9-18(10-8-15)24-19(20-21-22-24)23-13-11-17(12-14-23)16-5-3-2-4-6-16/h2-10,17H,11-14H2,1H3. The molecule has 0 saturated carbocycles. The molecule has 0 unspecified atom stereocenters. The topological polar surface area (TPSA) is 46.8 Å². The summed E-state index contributed by atoms with van der Waals surface area (Å²) in [6.07, 6.45) is 2.26. The van der Waals surface area contributed by atoms with Gasteiger partial charge in [0.1, 0.15) is 0 Å². The van der Waals surface area contributed by atoms with Crippen LogP contribution in [0, 0.1) is 6.92 Å². The van der Waals surface area contributed by atoms with Gasteiger partial charge < -0.3 is 4.90 Å². The summed E-state index contributed by atoms with van der Waals surface area (Å²) in [6, 6.07) is 19.1. The van der Waals surface area contributed by atoms with Gasteiger partial charge in [-0.2, -0.15) is 4.68 Å². The zero-order chi connectivity index (χ0) is 16.4. The summed E-state index contributed by atoms with van der Waals surface area (Å²) < 4.78 is 1.84. The van der Waals surface area contributed by atoms with Gasteiger partial charge >= 0.3 is 0 Å². The highest BCUT2D eigenvalue weighted by atomic mass is 15.6. The number of nitrogens with zero attached hydrogens (tertiary/aromatic N) is 5. The number of hydrogen-bond donors (Lipinski definition) is 0. The van der Waals surface area contributed by atoms with Crippen molar-refractivity contribution in [2.75, 3.05) is 18.0 Å². The van der Waals surface area contributed by atoms with Crippen LogP contribution < -0.4 is 4.90 Å². The van der Waals surface area contributed by atoms with Crippen LogP contribution in [0.1, 0.15) is 29.9 Å². The molecule has 1 fully saturated rings. The average Bonchev–Trinajstić information content (AvgIpc) is 3.13. The lowest BCUT2D eigenvalue weighted by Gasteiger charge is -2.32. The molecule has 0 amide bonds.